The maximum absolute atomic E-state index is 14.1. The number of fused-ring (bicyclic) bond motifs is 1. The van der Waals surface area contributed by atoms with Crippen molar-refractivity contribution in [3.05, 3.63) is 63.4 Å². The molecular weight excluding hydrogens is 383 g/mol. The summed E-state index contributed by atoms with van der Waals surface area (Å²) < 4.78 is 14.1. The van der Waals surface area contributed by atoms with Crippen LogP contribution in [-0.2, 0) is 17.8 Å². The second kappa shape index (κ2) is 9.55. The van der Waals surface area contributed by atoms with E-state index in [1.165, 1.54) is 6.07 Å². The summed E-state index contributed by atoms with van der Waals surface area (Å²) in [6.45, 7) is 6.59. The average Bonchev–Trinajstić information content (AvgIpc) is 2.69. The van der Waals surface area contributed by atoms with Crippen LogP contribution in [0.15, 0.2) is 30.3 Å². The zero-order valence-electron chi connectivity index (χ0n) is 16.2. The Morgan fingerprint density at radius 1 is 1.21 bits per heavy atom. The summed E-state index contributed by atoms with van der Waals surface area (Å²) in [4.78, 5) is 25.2. The van der Waals surface area contributed by atoms with Crippen LogP contribution in [0.5, 0.6) is 0 Å². The molecule has 0 unspecified atom stereocenters. The molecule has 0 aliphatic carbocycles. The number of hydrogen-bond acceptors (Lipinski definition) is 3. The Balaban J connectivity index is 0.00000136. The Labute approximate surface area is 169 Å². The topological polar surface area (TPSA) is 69.6 Å². The van der Waals surface area contributed by atoms with Gasteiger partial charge in [0.15, 0.2) is 0 Å². The van der Waals surface area contributed by atoms with E-state index in [0.29, 0.717) is 23.7 Å². The van der Waals surface area contributed by atoms with Crippen LogP contribution in [0.1, 0.15) is 40.9 Å². The Morgan fingerprint density at radius 3 is 2.61 bits per heavy atom. The van der Waals surface area contributed by atoms with Gasteiger partial charge in [0.2, 0.25) is 5.91 Å². The van der Waals surface area contributed by atoms with Gasteiger partial charge in [0.05, 0.1) is 17.8 Å². The van der Waals surface area contributed by atoms with E-state index in [1.807, 2.05) is 26.0 Å². The van der Waals surface area contributed by atoms with Crippen LogP contribution in [0.3, 0.4) is 0 Å². The summed E-state index contributed by atoms with van der Waals surface area (Å²) in [6, 6.07) is 8.00. The van der Waals surface area contributed by atoms with Crippen LogP contribution in [0.2, 0.25) is 5.02 Å². The van der Waals surface area contributed by atoms with Crippen LogP contribution in [-0.4, -0.2) is 35.0 Å². The molecule has 0 spiro atoms. The van der Waals surface area contributed by atoms with Crippen LogP contribution in [0.25, 0.3) is 0 Å². The number of carbonyl (C=O) groups excluding carboxylic acids is 1. The smallest absolute Gasteiger partial charge is 0.336 e. The van der Waals surface area contributed by atoms with Crippen LogP contribution in [0, 0.1) is 12.7 Å². The van der Waals surface area contributed by atoms with E-state index in [1.54, 1.807) is 17.9 Å². The highest BCUT2D eigenvalue weighted by Crippen LogP contribution is 2.23. The molecule has 0 saturated carbocycles. The highest BCUT2D eigenvalue weighted by Gasteiger charge is 2.21. The van der Waals surface area contributed by atoms with E-state index < -0.39 is 11.8 Å². The molecule has 0 saturated heterocycles. The monoisotopic (exact) mass is 406 g/mol. The van der Waals surface area contributed by atoms with Crippen molar-refractivity contribution in [3.63, 3.8) is 0 Å². The first kappa shape index (κ1) is 21.7. The van der Waals surface area contributed by atoms with Gasteiger partial charge in [0.25, 0.3) is 0 Å². The number of carboxylic acids is 1. The van der Waals surface area contributed by atoms with Crippen LogP contribution in [0.4, 0.5) is 10.1 Å². The lowest BCUT2D eigenvalue weighted by Crippen LogP contribution is -2.39. The number of aromatic carboxylic acids is 1. The largest absolute Gasteiger partial charge is 0.478 e. The van der Waals surface area contributed by atoms with Gasteiger partial charge in [-0.15, -0.1) is 0 Å². The molecule has 0 atom stereocenters. The molecule has 0 bridgehead atoms. The quantitative estimate of drug-likeness (QED) is 0.783. The molecule has 2 aromatic rings. The number of nitrogens with one attached hydrogen (secondary N) is 1. The first-order valence-corrected chi connectivity index (χ1v) is 9.55. The summed E-state index contributed by atoms with van der Waals surface area (Å²) in [5.41, 5.74) is 2.65. The third-order valence-corrected chi connectivity index (χ3v) is 4.74. The molecule has 1 aliphatic rings. The fourth-order valence-corrected chi connectivity index (χ4v) is 3.26. The molecule has 0 radical (unpaired) electrons. The minimum Gasteiger partial charge on any atom is -0.478 e. The van der Waals surface area contributed by atoms with Gasteiger partial charge < -0.3 is 15.3 Å². The Morgan fingerprint density at radius 2 is 1.93 bits per heavy atom. The lowest BCUT2D eigenvalue weighted by Gasteiger charge is -2.29. The van der Waals surface area contributed by atoms with Gasteiger partial charge in [-0.05, 0) is 54.3 Å². The fourth-order valence-electron chi connectivity index (χ4n) is 3.06. The first-order chi connectivity index (χ1) is 13.3. The van der Waals surface area contributed by atoms with Gasteiger partial charge in [0.1, 0.15) is 5.82 Å². The number of nitrogens with zero attached hydrogens (tertiary/aromatic N) is 1. The SMILES string of the molecule is CC.Cc1cc(NCC(=O)N2CCc3cc(Cl)ccc3C2)c(F)cc1C(=O)O. The maximum atomic E-state index is 14.1. The van der Waals surface area contributed by atoms with Gasteiger partial charge in [-0.2, -0.15) is 0 Å². The fraction of sp³-hybridized carbons (Fsp3) is 0.333. The number of anilines is 1. The molecule has 5 nitrogen and oxygen atoms in total. The zero-order valence-corrected chi connectivity index (χ0v) is 16.9. The van der Waals surface area contributed by atoms with Crippen molar-refractivity contribution in [1.29, 1.82) is 0 Å². The Hall–Kier alpha value is -2.60. The number of carboxylic acid groups (broad SMARTS) is 1. The van der Waals surface area contributed by atoms with Crippen molar-refractivity contribution in [3.8, 4) is 0 Å². The third-order valence-electron chi connectivity index (χ3n) is 4.51. The lowest BCUT2D eigenvalue weighted by molar-refractivity contribution is -0.130. The molecule has 1 amide bonds. The maximum Gasteiger partial charge on any atom is 0.336 e. The zero-order chi connectivity index (χ0) is 20.8. The molecule has 1 heterocycles. The first-order valence-electron chi connectivity index (χ1n) is 9.17. The lowest BCUT2D eigenvalue weighted by atomic mass is 10.00. The van der Waals surface area contributed by atoms with Crippen molar-refractivity contribution in [2.75, 3.05) is 18.4 Å². The Bertz CT molecular complexity index is 886. The normalized spacial score (nSPS) is 12.5. The van der Waals surface area contributed by atoms with Crippen molar-refractivity contribution in [2.45, 2.75) is 33.7 Å². The molecule has 1 aliphatic heterocycles. The second-order valence-electron chi connectivity index (χ2n) is 6.28. The average molecular weight is 407 g/mol. The number of benzene rings is 2. The van der Waals surface area contributed by atoms with Crippen molar-refractivity contribution < 1.29 is 19.1 Å². The predicted octanol–water partition coefficient (Wildman–Crippen LogP) is 4.51. The summed E-state index contributed by atoms with van der Waals surface area (Å²) in [5, 5.41) is 12.5. The van der Waals surface area contributed by atoms with E-state index in [-0.39, 0.29) is 23.7 Å². The summed E-state index contributed by atoms with van der Waals surface area (Å²) in [7, 11) is 0. The van der Waals surface area contributed by atoms with E-state index in [2.05, 4.69) is 5.32 Å². The number of carbonyl (C=O) groups is 2. The molecule has 28 heavy (non-hydrogen) atoms. The number of rotatable bonds is 4. The number of hydrogen-bond donors (Lipinski definition) is 2. The predicted molar refractivity (Wildman–Crippen MR) is 109 cm³/mol. The van der Waals surface area contributed by atoms with Gasteiger partial charge in [-0.3, -0.25) is 4.79 Å². The number of amides is 1. The minimum atomic E-state index is -1.18. The number of halogens is 2. The highest BCUT2D eigenvalue weighted by atomic mass is 35.5. The molecule has 0 aromatic heterocycles. The molecule has 2 aromatic carbocycles. The van der Waals surface area contributed by atoms with E-state index in [9.17, 15) is 14.0 Å². The van der Waals surface area contributed by atoms with E-state index in [0.717, 1.165) is 23.6 Å². The summed E-state index contributed by atoms with van der Waals surface area (Å²) >= 11 is 5.99. The van der Waals surface area contributed by atoms with Crippen molar-refractivity contribution >= 4 is 29.2 Å². The molecule has 3 rings (SSSR count). The van der Waals surface area contributed by atoms with Gasteiger partial charge >= 0.3 is 5.97 Å². The summed E-state index contributed by atoms with van der Waals surface area (Å²) in [6.07, 6.45) is 0.725. The van der Waals surface area contributed by atoms with E-state index >= 15 is 0 Å². The van der Waals surface area contributed by atoms with Crippen LogP contribution < -0.4 is 5.32 Å². The molecule has 7 heteroatoms. The van der Waals surface area contributed by atoms with Gasteiger partial charge in [-0.25, -0.2) is 9.18 Å². The van der Waals surface area contributed by atoms with Crippen LogP contribution >= 0.6 is 11.6 Å². The highest BCUT2D eigenvalue weighted by molar-refractivity contribution is 6.30. The number of aryl methyl sites for hydroxylation is 1. The van der Waals surface area contributed by atoms with E-state index in [4.69, 9.17) is 16.7 Å². The molecule has 150 valence electrons. The molecular formula is C21H24ClFN2O3. The summed E-state index contributed by atoms with van der Waals surface area (Å²) in [5.74, 6) is -2.03. The van der Waals surface area contributed by atoms with Crippen molar-refractivity contribution in [2.24, 2.45) is 0 Å². The third kappa shape index (κ3) is 5.01. The molecule has 0 fully saturated rings. The standard InChI is InChI=1S/C19H18ClFN2O3.C2H6/c1-11-6-17(16(21)8-15(11)19(25)26)22-9-18(24)23-5-4-12-7-14(20)3-2-13(12)10-23;1-2/h2-3,6-8,22H,4-5,9-10H2,1H3,(H,25,26);1-2H3. The van der Waals surface area contributed by atoms with Gasteiger partial charge in [-0.1, -0.05) is 31.5 Å². The van der Waals surface area contributed by atoms with Crippen molar-refractivity contribution in [1.82, 2.24) is 4.90 Å². The minimum absolute atomic E-state index is 0.0638. The second-order valence-corrected chi connectivity index (χ2v) is 6.72. The van der Waals surface area contributed by atoms with Gasteiger partial charge in [0, 0.05) is 18.1 Å². The Kier molecular flexibility index (Phi) is 7.40. The molecule has 2 N–H and O–H groups in total.